The van der Waals surface area contributed by atoms with Crippen molar-refractivity contribution >= 4 is 27.3 Å². The lowest BCUT2D eigenvalue weighted by molar-refractivity contribution is 0.0778. The Morgan fingerprint density at radius 3 is 2.44 bits per heavy atom. The Labute approximate surface area is 151 Å². The zero-order valence-electron chi connectivity index (χ0n) is 14.6. The van der Waals surface area contributed by atoms with Crippen LogP contribution in [0, 0.1) is 6.92 Å². The zero-order valence-corrected chi connectivity index (χ0v) is 15.4. The van der Waals surface area contributed by atoms with Crippen LogP contribution in [0.5, 0.6) is 11.5 Å². The number of ether oxygens (including phenoxy) is 2. The van der Waals surface area contributed by atoms with E-state index in [1.54, 1.807) is 23.3 Å². The molecule has 3 rings (SSSR count). The van der Waals surface area contributed by atoms with Crippen molar-refractivity contribution in [1.29, 1.82) is 0 Å². The van der Waals surface area contributed by atoms with Gasteiger partial charge in [0.2, 0.25) is 0 Å². The number of likely N-dealkylation sites (N-methyl/N-ethyl adjacent to an activating group) is 1. The summed E-state index contributed by atoms with van der Waals surface area (Å²) in [5.74, 6) is 1.59. The molecule has 0 saturated carbocycles. The van der Waals surface area contributed by atoms with E-state index in [1.165, 1.54) is 0 Å². The van der Waals surface area contributed by atoms with Crippen molar-refractivity contribution < 1.29 is 14.3 Å². The fourth-order valence-electron chi connectivity index (χ4n) is 2.63. The molecule has 4 nitrogen and oxygen atoms in total. The second-order valence-corrected chi connectivity index (χ2v) is 6.86. The first kappa shape index (κ1) is 17.3. The van der Waals surface area contributed by atoms with Gasteiger partial charge in [-0.3, -0.25) is 4.79 Å². The average molecular weight is 355 g/mol. The Hall–Kier alpha value is -2.53. The van der Waals surface area contributed by atoms with Crippen molar-refractivity contribution in [3.8, 4) is 11.5 Å². The molecule has 0 unspecified atom stereocenters. The summed E-state index contributed by atoms with van der Waals surface area (Å²) in [6, 6.07) is 15.5. The van der Waals surface area contributed by atoms with Crippen LogP contribution in [0.25, 0.3) is 10.1 Å². The van der Waals surface area contributed by atoms with E-state index >= 15 is 0 Å². The highest BCUT2D eigenvalue weighted by Gasteiger charge is 2.18. The Morgan fingerprint density at radius 2 is 1.76 bits per heavy atom. The summed E-state index contributed by atoms with van der Waals surface area (Å²) in [6.45, 7) is 2.98. The maximum atomic E-state index is 12.7. The summed E-state index contributed by atoms with van der Waals surface area (Å²) in [7, 11) is 3.44. The number of benzene rings is 2. The molecule has 130 valence electrons. The third kappa shape index (κ3) is 3.77. The average Bonchev–Trinajstić information content (AvgIpc) is 2.98. The topological polar surface area (TPSA) is 38.8 Å². The number of thiophene rings is 1. The van der Waals surface area contributed by atoms with Crippen molar-refractivity contribution in [1.82, 2.24) is 4.90 Å². The van der Waals surface area contributed by atoms with Crippen molar-refractivity contribution in [2.45, 2.75) is 6.92 Å². The van der Waals surface area contributed by atoms with Gasteiger partial charge in [-0.1, -0.05) is 18.2 Å². The van der Waals surface area contributed by atoms with E-state index in [0.29, 0.717) is 13.2 Å². The predicted octanol–water partition coefficient (Wildman–Crippen LogP) is 4.37. The highest BCUT2D eigenvalue weighted by atomic mass is 32.1. The van der Waals surface area contributed by atoms with Gasteiger partial charge in [0.25, 0.3) is 5.91 Å². The summed E-state index contributed by atoms with van der Waals surface area (Å²) in [4.78, 5) is 15.2. The smallest absolute Gasteiger partial charge is 0.264 e. The summed E-state index contributed by atoms with van der Waals surface area (Å²) >= 11 is 1.55. The number of aryl methyl sites for hydroxylation is 1. The van der Waals surface area contributed by atoms with E-state index in [0.717, 1.165) is 32.0 Å². The van der Waals surface area contributed by atoms with Gasteiger partial charge in [-0.15, -0.1) is 11.3 Å². The van der Waals surface area contributed by atoms with Crippen molar-refractivity contribution in [2.24, 2.45) is 0 Å². The highest BCUT2D eigenvalue weighted by molar-refractivity contribution is 7.21. The van der Waals surface area contributed by atoms with Gasteiger partial charge in [0.15, 0.2) is 0 Å². The maximum Gasteiger partial charge on any atom is 0.264 e. The lowest BCUT2D eigenvalue weighted by Crippen LogP contribution is -2.30. The molecule has 25 heavy (non-hydrogen) atoms. The first-order valence-corrected chi connectivity index (χ1v) is 8.92. The number of fused-ring (bicyclic) bond motifs is 1. The number of nitrogens with zero attached hydrogens (tertiary/aromatic N) is 1. The second kappa shape index (κ2) is 7.57. The molecule has 0 fully saturated rings. The molecule has 5 heteroatoms. The lowest BCUT2D eigenvalue weighted by Gasteiger charge is -2.17. The van der Waals surface area contributed by atoms with Crippen molar-refractivity contribution in [2.75, 3.05) is 27.3 Å². The fraction of sp³-hybridized carbons (Fsp3) is 0.250. The van der Waals surface area contributed by atoms with E-state index in [1.807, 2.05) is 50.4 Å². The molecule has 0 aliphatic rings. The van der Waals surface area contributed by atoms with Gasteiger partial charge in [-0.2, -0.15) is 0 Å². The summed E-state index contributed by atoms with van der Waals surface area (Å²) in [5, 5.41) is 1.15. The Kier molecular flexibility index (Phi) is 5.24. The third-order valence-corrected chi connectivity index (χ3v) is 5.40. The zero-order chi connectivity index (χ0) is 17.8. The van der Waals surface area contributed by atoms with Gasteiger partial charge in [-0.05, 0) is 48.2 Å². The molecule has 3 aromatic rings. The van der Waals surface area contributed by atoms with Crippen LogP contribution >= 0.6 is 11.3 Å². The molecular weight excluding hydrogens is 334 g/mol. The van der Waals surface area contributed by atoms with Crippen LogP contribution in [-0.2, 0) is 0 Å². The molecule has 0 N–H and O–H groups in total. The van der Waals surface area contributed by atoms with Crippen LogP contribution in [0.2, 0.25) is 0 Å². The monoisotopic (exact) mass is 355 g/mol. The molecule has 2 aromatic carbocycles. The normalized spacial score (nSPS) is 10.7. The quantitative estimate of drug-likeness (QED) is 0.659. The van der Waals surface area contributed by atoms with Crippen LogP contribution < -0.4 is 9.47 Å². The first-order valence-electron chi connectivity index (χ1n) is 8.10. The minimum atomic E-state index is 0.0389. The van der Waals surface area contributed by atoms with Crippen molar-refractivity contribution in [3.05, 3.63) is 59.0 Å². The summed E-state index contributed by atoms with van der Waals surface area (Å²) in [5.41, 5.74) is 1.05. The number of amides is 1. The molecule has 0 spiro atoms. The van der Waals surface area contributed by atoms with Gasteiger partial charge in [-0.25, -0.2) is 0 Å². The summed E-state index contributed by atoms with van der Waals surface area (Å²) < 4.78 is 12.0. The predicted molar refractivity (Wildman–Crippen MR) is 102 cm³/mol. The SMILES string of the molecule is COc1ccc(OCCN(C)C(=O)c2sc3ccccc3c2C)cc1. The van der Waals surface area contributed by atoms with Crippen molar-refractivity contribution in [3.63, 3.8) is 0 Å². The Balaban J connectivity index is 1.61. The van der Waals surface area contributed by atoms with Crippen LogP contribution in [0.3, 0.4) is 0 Å². The van der Waals surface area contributed by atoms with Crippen LogP contribution in [0.4, 0.5) is 0 Å². The molecular formula is C20H21NO3S. The number of carbonyl (C=O) groups is 1. The standard InChI is InChI=1S/C20H21NO3S/c1-14-17-6-4-5-7-18(17)25-19(14)20(22)21(2)12-13-24-16-10-8-15(23-3)9-11-16/h4-11H,12-13H2,1-3H3. The number of carbonyl (C=O) groups excluding carboxylic acids is 1. The van der Waals surface area contributed by atoms with Crippen LogP contribution in [0.15, 0.2) is 48.5 Å². The minimum absolute atomic E-state index is 0.0389. The van der Waals surface area contributed by atoms with E-state index in [4.69, 9.17) is 9.47 Å². The largest absolute Gasteiger partial charge is 0.497 e. The van der Waals surface area contributed by atoms with Gasteiger partial charge in [0.1, 0.15) is 18.1 Å². The Bertz CT molecular complexity index is 870. The molecule has 0 aliphatic carbocycles. The minimum Gasteiger partial charge on any atom is -0.497 e. The first-order chi connectivity index (χ1) is 12.1. The number of hydrogen-bond acceptors (Lipinski definition) is 4. The molecule has 0 radical (unpaired) electrons. The molecule has 0 aliphatic heterocycles. The molecule has 0 atom stereocenters. The lowest BCUT2D eigenvalue weighted by atomic mass is 10.1. The molecule has 1 heterocycles. The van der Waals surface area contributed by atoms with Crippen LogP contribution in [0.1, 0.15) is 15.2 Å². The van der Waals surface area contributed by atoms with E-state index in [2.05, 4.69) is 12.1 Å². The second-order valence-electron chi connectivity index (χ2n) is 5.80. The van der Waals surface area contributed by atoms with E-state index in [9.17, 15) is 4.79 Å². The number of methoxy groups -OCH3 is 1. The Morgan fingerprint density at radius 1 is 1.08 bits per heavy atom. The number of hydrogen-bond donors (Lipinski definition) is 0. The maximum absolute atomic E-state index is 12.7. The van der Waals surface area contributed by atoms with Crippen LogP contribution in [-0.4, -0.2) is 38.1 Å². The van der Waals surface area contributed by atoms with Gasteiger partial charge in [0, 0.05) is 11.7 Å². The summed E-state index contributed by atoms with van der Waals surface area (Å²) in [6.07, 6.45) is 0. The molecule has 0 saturated heterocycles. The van der Waals surface area contributed by atoms with E-state index < -0.39 is 0 Å². The molecule has 0 bridgehead atoms. The third-order valence-electron chi connectivity index (χ3n) is 4.14. The number of rotatable bonds is 6. The molecule has 1 aromatic heterocycles. The fourth-order valence-corrected chi connectivity index (χ4v) is 3.83. The molecule has 1 amide bonds. The highest BCUT2D eigenvalue weighted by Crippen LogP contribution is 2.31. The van der Waals surface area contributed by atoms with Gasteiger partial charge < -0.3 is 14.4 Å². The van der Waals surface area contributed by atoms with Gasteiger partial charge >= 0.3 is 0 Å². The van der Waals surface area contributed by atoms with E-state index in [-0.39, 0.29) is 5.91 Å². The van der Waals surface area contributed by atoms with Gasteiger partial charge in [0.05, 0.1) is 18.5 Å².